The van der Waals surface area contributed by atoms with Gasteiger partial charge in [-0.1, -0.05) is 27.5 Å². The number of alkyl halides is 3. The van der Waals surface area contributed by atoms with Crippen molar-refractivity contribution in [1.82, 2.24) is 49.6 Å². The Labute approximate surface area is 798 Å². The summed E-state index contributed by atoms with van der Waals surface area (Å²) in [5.41, 5.74) is 7.67. The number of phenolic OH excluding ortho intramolecular Hbond substituents is 1. The van der Waals surface area contributed by atoms with E-state index in [1.807, 2.05) is 36.4 Å². The maximum atomic E-state index is 13.4. The Bertz CT molecular complexity index is 4150. The van der Waals surface area contributed by atoms with E-state index in [1.54, 1.807) is 38.6 Å². The van der Waals surface area contributed by atoms with Crippen LogP contribution in [-0.2, 0) is 9.47 Å². The number of halogens is 6. The number of nitro benzene ring substituents is 3. The summed E-state index contributed by atoms with van der Waals surface area (Å²) in [4.78, 5) is 55.6. The normalized spacial score (nSPS) is 14.8. The number of rotatable bonds is 33. The Morgan fingerprint density at radius 2 is 0.864 bits per heavy atom. The van der Waals surface area contributed by atoms with Gasteiger partial charge in [-0.05, 0) is 127 Å². The molecule has 692 valence electrons. The maximum absolute atomic E-state index is 13.4. The van der Waals surface area contributed by atoms with Crippen LogP contribution in [0.1, 0.15) is 33.5 Å². The van der Waals surface area contributed by atoms with Crippen LogP contribution < -0.4 is 118 Å². The largest absolute Gasteiger partial charge is 1.00 e. The third-order valence-corrected chi connectivity index (χ3v) is 20.2. The van der Waals surface area contributed by atoms with E-state index in [1.165, 1.54) is 89.0 Å². The molecule has 7 aromatic rings. The minimum Gasteiger partial charge on any atom is -1.00 e. The molecule has 5 aliphatic rings. The number of aromatic hydroxyl groups is 1. The zero-order chi connectivity index (χ0) is 89.5. The number of nitrogen functional groups attached to an aromatic ring is 1. The minimum atomic E-state index is -0.584. The van der Waals surface area contributed by atoms with Crippen LogP contribution in [0.15, 0.2) is 121 Å². The number of anilines is 5. The van der Waals surface area contributed by atoms with Crippen molar-refractivity contribution in [3.63, 3.8) is 0 Å². The Balaban J connectivity index is 0.000000520. The van der Waals surface area contributed by atoms with E-state index in [4.69, 9.17) is 97.7 Å². The van der Waals surface area contributed by atoms with E-state index in [-0.39, 0.29) is 88.5 Å². The van der Waals surface area contributed by atoms with Gasteiger partial charge in [-0.2, -0.15) is 4.98 Å². The summed E-state index contributed by atoms with van der Waals surface area (Å²) in [5.74, 6) is 6.28. The van der Waals surface area contributed by atoms with Gasteiger partial charge in [-0.25, -0.2) is 9.37 Å². The zero-order valence-electron chi connectivity index (χ0n) is 73.4. The van der Waals surface area contributed by atoms with Crippen LogP contribution in [0, 0.1) is 36.2 Å². The molecular formula is C84H125BrCl3FIN16NaO18. The second kappa shape index (κ2) is 66.1. The molecule has 41 heteroatoms. The first-order valence-electron chi connectivity index (χ1n) is 40.5. The summed E-state index contributed by atoms with van der Waals surface area (Å²) < 4.78 is 71.8. The van der Waals surface area contributed by atoms with Gasteiger partial charge in [0, 0.05) is 196 Å². The molecule has 0 atom stereocenters. The predicted octanol–water partition coefficient (Wildman–Crippen LogP) is 7.43. The van der Waals surface area contributed by atoms with Crippen molar-refractivity contribution in [1.29, 1.82) is 0 Å². The first-order chi connectivity index (χ1) is 59.4. The average molecular weight is 2000 g/mol. The molecule has 6 aromatic carbocycles. The van der Waals surface area contributed by atoms with Crippen molar-refractivity contribution in [2.45, 2.75) is 32.1 Å². The molecule has 0 unspecified atom stereocenters. The van der Waals surface area contributed by atoms with Gasteiger partial charge < -0.3 is 137 Å². The van der Waals surface area contributed by atoms with Crippen molar-refractivity contribution in [2.24, 2.45) is 0 Å². The van der Waals surface area contributed by atoms with Crippen molar-refractivity contribution < 1.29 is 131 Å². The molecule has 125 heavy (non-hydrogen) atoms. The second-order valence-corrected chi connectivity index (χ2v) is 30.1. The molecule has 5 saturated heterocycles. The van der Waals surface area contributed by atoms with Crippen LogP contribution in [0.5, 0.6) is 57.5 Å². The van der Waals surface area contributed by atoms with Gasteiger partial charge in [0.05, 0.1) is 126 Å². The summed E-state index contributed by atoms with van der Waals surface area (Å²) in [6, 6.07) is 29.4. The number of nitrogens with zero attached hydrogens (tertiary/aromatic N) is 12. The molecule has 0 saturated carbocycles. The number of nitrogens with one attached hydrogen (secondary N) is 3. The van der Waals surface area contributed by atoms with Gasteiger partial charge in [-0.3, -0.25) is 30.3 Å². The summed E-state index contributed by atoms with van der Waals surface area (Å²) >= 11 is 19.9. The van der Waals surface area contributed by atoms with Gasteiger partial charge in [0.25, 0.3) is 17.1 Å². The number of hydrogen-bond donors (Lipinski definition) is 5. The molecule has 5 fully saturated rings. The number of methoxy groups -OCH3 is 5. The third-order valence-electron chi connectivity index (χ3n) is 18.8. The summed E-state index contributed by atoms with van der Waals surface area (Å²) in [6.45, 7) is 26.5. The van der Waals surface area contributed by atoms with Crippen molar-refractivity contribution in [2.75, 3.05) is 274 Å². The predicted molar refractivity (Wildman–Crippen MR) is 487 cm³/mol. The smallest absolute Gasteiger partial charge is 1.00 e. The molecule has 6 heterocycles. The van der Waals surface area contributed by atoms with Crippen LogP contribution >= 0.6 is 50.7 Å². The van der Waals surface area contributed by atoms with Crippen molar-refractivity contribution >= 4 is 96.6 Å². The van der Waals surface area contributed by atoms with Gasteiger partial charge >= 0.3 is 29.6 Å². The van der Waals surface area contributed by atoms with Crippen LogP contribution in [0.2, 0.25) is 5.02 Å². The molecule has 12 rings (SSSR count). The standard InChI is InChI=1S/C25H30ClFN6O2.C15H23N3O4.C15H25N3O2.C10H12ClNO4.C7H7NO4.C5H12N2.C4H8O2.C3H6BrCl.HI.Na.H2/c1-32-11-13-33(14-12-32)10-3-15-35-23-17-19(5-7-22(23)34-2)30-25-28-9-8-24(31-25)29-18-4-6-21(27)20(26)16-18;1-16-7-9-17(10-8-16)6-3-11-22-15-12-13(18(19)20)4-5-14(15)21-2;1-17-7-9-18(10-8-17)6-3-11-20-15-12-13(16)4-5-14(15)19-2;1-15-9-4-3-8(12(13)14)7-10(9)16-6-2-5-11;1-12-7-3-2-5(8(10)11)4-6(7)9;1-7-4-2-6-3-5-7;1-2-6-4-3-5-1;4-2-1-3-5;;;/h4-9,16-17H,3,10-15H2,1-2H3,(H2,28,29,30,31);4-5,12H,3,6-11H2,1-2H3;4-5,12H,3,6-11,16H2,1-2H3;3-4,7H,2,5-6H2,1H3;2-4,9H,1H3;6H,2-5H2,1H3;1-4H2;1-3H2;1H;;1H/q;;;;;;;;;+1;/p-1. The number of nitro groups is 3. The number of ether oxygens (including phenoxy) is 11. The Morgan fingerprint density at radius 1 is 0.496 bits per heavy atom. The number of likely N-dealkylation sites (N-methyl/N-ethyl adjacent to an activating group) is 4. The van der Waals surface area contributed by atoms with Crippen molar-refractivity contribution in [3.8, 4) is 57.5 Å². The topological polar surface area (TPSA) is 362 Å². The fourth-order valence-corrected chi connectivity index (χ4v) is 12.7. The molecule has 0 radical (unpaired) electrons. The number of phenols is 1. The van der Waals surface area contributed by atoms with Gasteiger partial charge in [0.15, 0.2) is 57.5 Å². The van der Waals surface area contributed by atoms with Crippen LogP contribution in [-0.4, -0.2) is 322 Å². The van der Waals surface area contributed by atoms with Gasteiger partial charge in [0.2, 0.25) is 5.95 Å². The number of aromatic nitrogens is 2. The zero-order valence-corrected chi connectivity index (χ0v) is 81.4. The first-order valence-corrected chi connectivity index (χ1v) is 43.1. The van der Waals surface area contributed by atoms with E-state index in [0.717, 1.165) is 198 Å². The fraction of sp³-hybridized carbons (Fsp3) is 0.524. The SMILES string of the molecule is C1COCCO1.CN1CCNCC1.COc1ccc(N)cc1OCCCN1CCN(C)CC1.COc1ccc(Nc2nccc(Nc3ccc(F)c(Cl)c3)n2)cc1OCCCN1CCN(C)CC1.COc1ccc([N+](=O)[O-])cc1O.COc1ccc([N+](=O)[O-])cc1OCCCCl.COc1ccc([N+](=O)[O-])cc1OCCCN1CCN(C)CC1.ClCCCBr.[HH].[I-].[Na+]. The van der Waals surface area contributed by atoms with Gasteiger partial charge in [-0.15, -0.1) is 23.2 Å². The Hall–Kier alpha value is -7.39. The molecule has 6 N–H and O–H groups in total. The maximum Gasteiger partial charge on any atom is 1.00 e. The van der Waals surface area contributed by atoms with E-state index in [9.17, 15) is 34.7 Å². The second-order valence-electron chi connectivity index (χ2n) is 28.2. The Morgan fingerprint density at radius 3 is 1.23 bits per heavy atom. The average Bonchev–Trinajstić information content (AvgIpc) is 0.898. The first kappa shape index (κ1) is 112. The number of nitrogens with two attached hydrogens (primary N) is 1. The monoisotopic (exact) mass is 2000 g/mol. The van der Waals surface area contributed by atoms with Gasteiger partial charge in [0.1, 0.15) is 11.6 Å². The molecule has 0 amide bonds. The number of piperazine rings is 4. The van der Waals surface area contributed by atoms with Crippen LogP contribution in [0.3, 0.4) is 0 Å². The summed E-state index contributed by atoms with van der Waals surface area (Å²) in [7, 11) is 16.3. The van der Waals surface area contributed by atoms with Crippen molar-refractivity contribution in [3.05, 3.63) is 163 Å². The third kappa shape index (κ3) is 45.9. The van der Waals surface area contributed by atoms with E-state index >= 15 is 0 Å². The van der Waals surface area contributed by atoms with Crippen LogP contribution in [0.25, 0.3) is 0 Å². The van der Waals surface area contributed by atoms with E-state index in [0.29, 0.717) is 96.4 Å². The van der Waals surface area contributed by atoms with Crippen LogP contribution in [0.4, 0.5) is 50.3 Å². The fourth-order valence-electron chi connectivity index (χ4n) is 11.7. The molecule has 0 aliphatic carbocycles. The minimum absolute atomic E-state index is 0. The molecule has 5 aliphatic heterocycles. The molecule has 0 bridgehead atoms. The molecular weight excluding hydrogens is 1880 g/mol. The molecule has 34 nitrogen and oxygen atoms in total. The number of non-ortho nitro benzene ring substituents is 3. The van der Waals surface area contributed by atoms with E-state index < -0.39 is 20.6 Å². The number of hydrogen-bond acceptors (Lipinski definition) is 31. The molecule has 1 aromatic heterocycles. The summed E-state index contributed by atoms with van der Waals surface area (Å²) in [6.07, 6.45) is 6.21. The Kier molecular flexibility index (Phi) is 59.1. The van der Waals surface area contributed by atoms with E-state index in [2.05, 4.69) is 104 Å². The summed E-state index contributed by atoms with van der Waals surface area (Å²) in [5, 5.41) is 51.3. The quantitative estimate of drug-likeness (QED) is 0.00507. The molecule has 0 spiro atoms. The number of benzene rings is 6.